The van der Waals surface area contributed by atoms with Crippen molar-refractivity contribution >= 4 is 0 Å². The highest BCUT2D eigenvalue weighted by Gasteiger charge is 1.93. The fourth-order valence-corrected chi connectivity index (χ4v) is 0.688. The molecule has 0 bridgehead atoms. The Morgan fingerprint density at radius 3 is 2.25 bits per heavy atom. The van der Waals surface area contributed by atoms with Crippen LogP contribution >= 0.6 is 0 Å². The van der Waals surface area contributed by atoms with Crippen molar-refractivity contribution in [1.82, 2.24) is 0 Å². The average Bonchev–Trinajstić information content (AvgIpc) is 1.65. The summed E-state index contributed by atoms with van der Waals surface area (Å²) in [6.45, 7) is 5.96. The molecule has 8 heavy (non-hydrogen) atoms. The summed E-state index contributed by atoms with van der Waals surface area (Å²) in [5, 5.41) is 0. The van der Waals surface area contributed by atoms with Gasteiger partial charge in [-0.2, -0.15) is 0 Å². The van der Waals surface area contributed by atoms with E-state index < -0.39 is 0 Å². The van der Waals surface area contributed by atoms with Crippen LogP contribution in [0.5, 0.6) is 0 Å². The Hall–Kier alpha value is -0.330. The number of hydrogen-bond acceptors (Lipinski definition) is 0. The van der Waals surface area contributed by atoms with Crippen molar-refractivity contribution in [2.75, 3.05) is 0 Å². The lowest BCUT2D eigenvalue weighted by atomic mass is 10.1. The monoisotopic (exact) mass is 116 g/mol. The maximum atomic E-state index is 11.6. The van der Waals surface area contributed by atoms with Crippen molar-refractivity contribution in [2.45, 2.75) is 27.2 Å². The van der Waals surface area contributed by atoms with Crippen LogP contribution in [0.4, 0.5) is 4.39 Å². The van der Waals surface area contributed by atoms with Gasteiger partial charge in [-0.15, -0.1) is 0 Å². The summed E-state index contributed by atoms with van der Waals surface area (Å²) in [5.74, 6) is 0.571. The van der Waals surface area contributed by atoms with Crippen molar-refractivity contribution < 1.29 is 4.39 Å². The predicted molar refractivity (Wildman–Crippen MR) is 34.3 cm³/mol. The van der Waals surface area contributed by atoms with Crippen LogP contribution in [0.2, 0.25) is 0 Å². The van der Waals surface area contributed by atoms with E-state index >= 15 is 0 Å². The quantitative estimate of drug-likeness (QED) is 0.520. The summed E-state index contributed by atoms with van der Waals surface area (Å²) in [6, 6.07) is 0. The molecular weight excluding hydrogens is 103 g/mol. The fraction of sp³-hybridized carbons (Fsp3) is 0.714. The molecule has 0 nitrogen and oxygen atoms in total. The summed E-state index contributed by atoms with van der Waals surface area (Å²) in [4.78, 5) is 0. The van der Waals surface area contributed by atoms with Crippen LogP contribution in [0, 0.1) is 5.92 Å². The lowest BCUT2D eigenvalue weighted by molar-refractivity contribution is 0.618. The van der Waals surface area contributed by atoms with Gasteiger partial charge in [0.1, 0.15) is 0 Å². The SMILES string of the molecule is CC(=CF)CC(C)C. The Kier molecular flexibility index (Phi) is 3.49. The van der Waals surface area contributed by atoms with Crippen molar-refractivity contribution in [3.8, 4) is 0 Å². The minimum absolute atomic E-state index is 0.571. The number of halogens is 1. The van der Waals surface area contributed by atoms with E-state index in [9.17, 15) is 4.39 Å². The molecule has 0 aromatic carbocycles. The van der Waals surface area contributed by atoms with Crippen LogP contribution in [0.1, 0.15) is 27.2 Å². The molecule has 0 heterocycles. The van der Waals surface area contributed by atoms with E-state index in [1.165, 1.54) is 0 Å². The van der Waals surface area contributed by atoms with E-state index in [0.29, 0.717) is 12.2 Å². The van der Waals surface area contributed by atoms with Gasteiger partial charge in [-0.05, 0) is 24.8 Å². The molecule has 0 atom stereocenters. The maximum Gasteiger partial charge on any atom is 0.0856 e. The average molecular weight is 116 g/mol. The van der Waals surface area contributed by atoms with E-state index in [4.69, 9.17) is 0 Å². The molecule has 0 aromatic heterocycles. The predicted octanol–water partition coefficient (Wildman–Crippen LogP) is 2.91. The van der Waals surface area contributed by atoms with Crippen LogP contribution in [0.15, 0.2) is 11.9 Å². The molecule has 0 saturated heterocycles. The first-order valence-corrected chi connectivity index (χ1v) is 2.92. The standard InChI is InChI=1S/C7H13F/c1-6(2)4-7(3)5-8/h5-6H,4H2,1-3H3. The number of hydrogen-bond donors (Lipinski definition) is 0. The molecular formula is C7H13F. The Bertz CT molecular complexity index is 82.4. The summed E-state index contributed by atoms with van der Waals surface area (Å²) >= 11 is 0. The van der Waals surface area contributed by atoms with Crippen LogP contribution < -0.4 is 0 Å². The molecule has 0 unspecified atom stereocenters. The first-order chi connectivity index (χ1) is 3.66. The molecule has 0 aliphatic heterocycles. The van der Waals surface area contributed by atoms with E-state index in [2.05, 4.69) is 13.8 Å². The highest BCUT2D eigenvalue weighted by molar-refractivity contribution is 4.92. The van der Waals surface area contributed by atoms with Crippen molar-refractivity contribution in [1.29, 1.82) is 0 Å². The topological polar surface area (TPSA) is 0 Å². The van der Waals surface area contributed by atoms with Crippen molar-refractivity contribution in [2.24, 2.45) is 5.92 Å². The second-order valence-corrected chi connectivity index (χ2v) is 2.55. The van der Waals surface area contributed by atoms with E-state index in [0.717, 1.165) is 12.0 Å². The van der Waals surface area contributed by atoms with Crippen molar-refractivity contribution in [3.05, 3.63) is 11.9 Å². The zero-order valence-electron chi connectivity index (χ0n) is 5.74. The molecule has 0 saturated carbocycles. The molecule has 0 rings (SSSR count). The molecule has 0 spiro atoms. The molecule has 0 aromatic rings. The smallest absolute Gasteiger partial charge is 0.0856 e. The van der Waals surface area contributed by atoms with Crippen LogP contribution in [-0.4, -0.2) is 0 Å². The van der Waals surface area contributed by atoms with Gasteiger partial charge in [0.05, 0.1) is 6.33 Å². The second-order valence-electron chi connectivity index (χ2n) is 2.55. The summed E-state index contributed by atoms with van der Waals surface area (Å²) < 4.78 is 11.6. The highest BCUT2D eigenvalue weighted by atomic mass is 19.1. The molecule has 0 amide bonds. The lowest BCUT2D eigenvalue weighted by Crippen LogP contribution is -1.86. The first kappa shape index (κ1) is 7.67. The molecule has 1 heteroatoms. The van der Waals surface area contributed by atoms with Gasteiger partial charge in [0.15, 0.2) is 0 Å². The first-order valence-electron chi connectivity index (χ1n) is 2.92. The highest BCUT2D eigenvalue weighted by Crippen LogP contribution is 2.08. The maximum absolute atomic E-state index is 11.6. The third-order valence-electron chi connectivity index (χ3n) is 0.916. The summed E-state index contributed by atoms with van der Waals surface area (Å²) in [6.07, 6.45) is 1.55. The van der Waals surface area contributed by atoms with Gasteiger partial charge in [-0.3, -0.25) is 0 Å². The zero-order chi connectivity index (χ0) is 6.57. The summed E-state index contributed by atoms with van der Waals surface area (Å²) in [5.41, 5.74) is 0.833. The Labute approximate surface area is 50.4 Å². The third kappa shape index (κ3) is 3.85. The Morgan fingerprint density at radius 2 is 2.12 bits per heavy atom. The Balaban J connectivity index is 3.39. The molecule has 0 fully saturated rings. The fourth-order valence-electron chi connectivity index (χ4n) is 0.688. The Morgan fingerprint density at radius 1 is 1.62 bits per heavy atom. The minimum atomic E-state index is 0.571. The molecule has 0 N–H and O–H groups in total. The molecule has 0 radical (unpaired) electrons. The van der Waals surface area contributed by atoms with Gasteiger partial charge in [0.25, 0.3) is 0 Å². The molecule has 0 aliphatic carbocycles. The zero-order valence-corrected chi connectivity index (χ0v) is 5.74. The molecule has 0 aliphatic rings. The molecule has 48 valence electrons. The van der Waals surface area contributed by atoms with Gasteiger partial charge in [-0.25, -0.2) is 4.39 Å². The van der Waals surface area contributed by atoms with Crippen LogP contribution in [0.3, 0.4) is 0 Å². The van der Waals surface area contributed by atoms with E-state index in [-0.39, 0.29) is 0 Å². The van der Waals surface area contributed by atoms with Gasteiger partial charge in [-0.1, -0.05) is 13.8 Å². The van der Waals surface area contributed by atoms with E-state index in [1.54, 1.807) is 6.92 Å². The lowest BCUT2D eigenvalue weighted by Gasteiger charge is -2.00. The largest absolute Gasteiger partial charge is 0.216 e. The minimum Gasteiger partial charge on any atom is -0.216 e. The number of rotatable bonds is 2. The van der Waals surface area contributed by atoms with Gasteiger partial charge in [0.2, 0.25) is 0 Å². The van der Waals surface area contributed by atoms with E-state index in [1.807, 2.05) is 0 Å². The third-order valence-corrected chi connectivity index (χ3v) is 0.916. The van der Waals surface area contributed by atoms with Gasteiger partial charge < -0.3 is 0 Å². The van der Waals surface area contributed by atoms with Crippen molar-refractivity contribution in [3.63, 3.8) is 0 Å². The van der Waals surface area contributed by atoms with Crippen LogP contribution in [0.25, 0.3) is 0 Å². The van der Waals surface area contributed by atoms with Crippen LogP contribution in [-0.2, 0) is 0 Å². The summed E-state index contributed by atoms with van der Waals surface area (Å²) in [7, 11) is 0. The van der Waals surface area contributed by atoms with Gasteiger partial charge >= 0.3 is 0 Å². The normalized spacial score (nSPS) is 12.9. The number of allylic oxidation sites excluding steroid dienone is 1. The second kappa shape index (κ2) is 3.65. The van der Waals surface area contributed by atoms with Gasteiger partial charge in [0, 0.05) is 0 Å².